The van der Waals surface area contributed by atoms with Gasteiger partial charge in [0.05, 0.1) is 0 Å². The van der Waals surface area contributed by atoms with Crippen molar-refractivity contribution in [3.63, 3.8) is 0 Å². The predicted molar refractivity (Wildman–Crippen MR) is 95.9 cm³/mol. The second-order valence-electron chi connectivity index (χ2n) is 7.44. The number of hydrogen-bond donors (Lipinski definition) is 1. The average Bonchev–Trinajstić information content (AvgIpc) is 2.82. The van der Waals surface area contributed by atoms with Crippen LogP contribution in [0.3, 0.4) is 0 Å². The third-order valence-electron chi connectivity index (χ3n) is 5.10. The maximum absolute atomic E-state index is 15.0. The quantitative estimate of drug-likeness (QED) is 0.325. The maximum Gasteiger partial charge on any atom is 0.460 e. The summed E-state index contributed by atoms with van der Waals surface area (Å²) in [5.41, 5.74) is -5.61. The van der Waals surface area contributed by atoms with Crippen LogP contribution in [0.1, 0.15) is 11.1 Å². The lowest BCUT2D eigenvalue weighted by Gasteiger charge is -2.39. The molecule has 0 amide bonds. The molecule has 0 unspecified atom stereocenters. The Bertz CT molecular complexity index is 1080. The van der Waals surface area contributed by atoms with Crippen LogP contribution in [0.2, 0.25) is 0 Å². The molecule has 0 aromatic heterocycles. The van der Waals surface area contributed by atoms with Crippen LogP contribution in [-0.4, -0.2) is 40.9 Å². The molecular formula is C21H11F15O. The summed E-state index contributed by atoms with van der Waals surface area (Å²) in [6.07, 6.45) is -7.66. The molecule has 206 valence electrons. The molecule has 0 aliphatic heterocycles. The van der Waals surface area contributed by atoms with Gasteiger partial charge >= 0.3 is 35.8 Å². The van der Waals surface area contributed by atoms with E-state index in [2.05, 4.69) is 0 Å². The monoisotopic (exact) mass is 564 g/mol. The SMILES string of the molecule is OC(/C(F)=C(\F)C(F)(F)C(F)(F)C(F)(F)C(F)(F)C(F)(F)C(F)(F)F)(c1ccccc1)c1ccccc1. The van der Waals surface area contributed by atoms with Crippen LogP contribution in [0.15, 0.2) is 72.3 Å². The lowest BCUT2D eigenvalue weighted by molar-refractivity contribution is -0.437. The van der Waals surface area contributed by atoms with E-state index in [1.807, 2.05) is 0 Å². The minimum absolute atomic E-state index is 0.711. The Morgan fingerprint density at radius 1 is 0.459 bits per heavy atom. The Kier molecular flexibility index (Phi) is 7.48. The third-order valence-corrected chi connectivity index (χ3v) is 5.10. The molecule has 1 N–H and O–H groups in total. The molecular weight excluding hydrogens is 553 g/mol. The summed E-state index contributed by atoms with van der Waals surface area (Å²) >= 11 is 0. The van der Waals surface area contributed by atoms with Gasteiger partial charge in [-0.2, -0.15) is 57.1 Å². The first-order valence-electron chi connectivity index (χ1n) is 9.38. The number of alkyl halides is 13. The van der Waals surface area contributed by atoms with E-state index in [0.29, 0.717) is 24.3 Å². The number of aliphatic hydroxyl groups is 1. The third kappa shape index (κ3) is 4.32. The summed E-state index contributed by atoms with van der Waals surface area (Å²) in [4.78, 5) is 0. The largest absolute Gasteiger partial charge is 0.460 e. The van der Waals surface area contributed by atoms with Gasteiger partial charge in [0.15, 0.2) is 11.4 Å². The van der Waals surface area contributed by atoms with Crippen molar-refractivity contribution in [3.8, 4) is 0 Å². The Morgan fingerprint density at radius 3 is 1.11 bits per heavy atom. The molecule has 0 heterocycles. The van der Waals surface area contributed by atoms with E-state index in [1.165, 1.54) is 12.1 Å². The van der Waals surface area contributed by atoms with E-state index < -0.39 is 64.2 Å². The van der Waals surface area contributed by atoms with Crippen molar-refractivity contribution in [1.82, 2.24) is 0 Å². The molecule has 0 atom stereocenters. The highest BCUT2D eigenvalue weighted by molar-refractivity contribution is 5.45. The van der Waals surface area contributed by atoms with Gasteiger partial charge in [0.25, 0.3) is 0 Å². The van der Waals surface area contributed by atoms with Crippen molar-refractivity contribution in [3.05, 3.63) is 83.4 Å². The van der Waals surface area contributed by atoms with Gasteiger partial charge in [-0.15, -0.1) is 0 Å². The second kappa shape index (κ2) is 9.13. The van der Waals surface area contributed by atoms with E-state index in [0.717, 1.165) is 24.3 Å². The van der Waals surface area contributed by atoms with E-state index in [-0.39, 0.29) is 0 Å². The van der Waals surface area contributed by atoms with Gasteiger partial charge in [-0.1, -0.05) is 60.7 Å². The van der Waals surface area contributed by atoms with Crippen LogP contribution in [0.5, 0.6) is 0 Å². The molecule has 0 radical (unpaired) electrons. The minimum atomic E-state index is -8.34. The first-order valence-corrected chi connectivity index (χ1v) is 9.38. The number of allylic oxidation sites excluding steroid dienone is 1. The van der Waals surface area contributed by atoms with Crippen molar-refractivity contribution in [1.29, 1.82) is 0 Å². The van der Waals surface area contributed by atoms with E-state index in [1.54, 1.807) is 0 Å². The number of rotatable bonds is 8. The minimum Gasteiger partial charge on any atom is -0.374 e. The van der Waals surface area contributed by atoms with Crippen molar-refractivity contribution in [2.45, 2.75) is 41.4 Å². The van der Waals surface area contributed by atoms with Gasteiger partial charge in [0, 0.05) is 0 Å². The molecule has 0 aliphatic carbocycles. The lowest BCUT2D eigenvalue weighted by atomic mass is 9.83. The normalized spacial score (nSPS) is 15.5. The highest BCUT2D eigenvalue weighted by Gasteiger charge is 2.91. The molecule has 37 heavy (non-hydrogen) atoms. The molecule has 16 heteroatoms. The zero-order chi connectivity index (χ0) is 28.9. The zero-order valence-corrected chi connectivity index (χ0v) is 17.4. The fourth-order valence-electron chi connectivity index (χ4n) is 2.98. The topological polar surface area (TPSA) is 20.2 Å². The van der Waals surface area contributed by atoms with Gasteiger partial charge in [-0.05, 0) is 11.1 Å². The first kappa shape index (κ1) is 30.3. The molecule has 2 aromatic rings. The standard InChI is InChI=1S/C21H11F15O/c22-13(15(37,11-7-3-1-4-8-11)12-9-5-2-6-10-12)14(23)16(24,25)17(26,27)18(28,29)19(30,31)20(32,33)21(34,35)36/h1-10,37H/b14-13+. The fraction of sp³-hybridized carbons (Fsp3) is 0.333. The molecule has 1 nitrogen and oxygen atoms in total. The van der Waals surface area contributed by atoms with Crippen LogP contribution in [0.4, 0.5) is 65.9 Å². The van der Waals surface area contributed by atoms with Crippen molar-refractivity contribution >= 4 is 0 Å². The van der Waals surface area contributed by atoms with E-state index in [9.17, 15) is 66.6 Å². The number of halogens is 15. The fourth-order valence-corrected chi connectivity index (χ4v) is 2.98. The Balaban J connectivity index is 2.80. The number of benzene rings is 2. The first-order chi connectivity index (χ1) is 16.5. The summed E-state index contributed by atoms with van der Waals surface area (Å²) in [6.45, 7) is 0. The smallest absolute Gasteiger partial charge is 0.374 e. The van der Waals surface area contributed by atoms with Gasteiger partial charge < -0.3 is 5.11 Å². The molecule has 0 bridgehead atoms. The summed E-state index contributed by atoms with van der Waals surface area (Å²) in [7, 11) is 0. The summed E-state index contributed by atoms with van der Waals surface area (Å²) in [5, 5.41) is 10.8. The van der Waals surface area contributed by atoms with E-state index in [4.69, 9.17) is 0 Å². The van der Waals surface area contributed by atoms with Crippen molar-refractivity contribution in [2.24, 2.45) is 0 Å². The highest BCUT2D eigenvalue weighted by atomic mass is 19.4. The van der Waals surface area contributed by atoms with Gasteiger partial charge in [-0.3, -0.25) is 0 Å². The lowest BCUT2D eigenvalue weighted by Crippen LogP contribution is -2.70. The Hall–Kier alpha value is -2.91. The molecule has 0 aliphatic rings. The summed E-state index contributed by atoms with van der Waals surface area (Å²) < 4.78 is 203. The van der Waals surface area contributed by atoms with Crippen LogP contribution >= 0.6 is 0 Å². The number of hydrogen-bond acceptors (Lipinski definition) is 1. The van der Waals surface area contributed by atoms with E-state index >= 15 is 4.39 Å². The molecule has 0 fully saturated rings. The molecule has 0 saturated carbocycles. The molecule has 0 spiro atoms. The highest BCUT2D eigenvalue weighted by Crippen LogP contribution is 2.62. The summed E-state index contributed by atoms with van der Waals surface area (Å²) in [6, 6.07) is 9.13. The van der Waals surface area contributed by atoms with Crippen LogP contribution < -0.4 is 0 Å². The van der Waals surface area contributed by atoms with Crippen molar-refractivity contribution < 1.29 is 71.0 Å². The van der Waals surface area contributed by atoms with Gasteiger partial charge in [-0.25, -0.2) is 8.78 Å². The van der Waals surface area contributed by atoms with Gasteiger partial charge in [0.1, 0.15) is 0 Å². The van der Waals surface area contributed by atoms with Gasteiger partial charge in [0.2, 0.25) is 5.83 Å². The van der Waals surface area contributed by atoms with Crippen LogP contribution in [0, 0.1) is 0 Å². The maximum atomic E-state index is 15.0. The molecule has 0 saturated heterocycles. The second-order valence-corrected chi connectivity index (χ2v) is 7.44. The summed E-state index contributed by atoms with van der Waals surface area (Å²) in [5.74, 6) is -48.0. The average molecular weight is 564 g/mol. The molecule has 2 rings (SSSR count). The predicted octanol–water partition coefficient (Wildman–Crippen LogP) is 7.81. The van der Waals surface area contributed by atoms with Crippen LogP contribution in [0.25, 0.3) is 0 Å². The Labute approximate surface area is 196 Å². The Morgan fingerprint density at radius 2 is 0.784 bits per heavy atom. The van der Waals surface area contributed by atoms with Crippen molar-refractivity contribution in [2.75, 3.05) is 0 Å². The molecule has 2 aromatic carbocycles. The zero-order valence-electron chi connectivity index (χ0n) is 17.4. The van der Waals surface area contributed by atoms with Crippen LogP contribution in [-0.2, 0) is 5.60 Å².